The Bertz CT molecular complexity index is 1400. The molecule has 4 unspecified atom stereocenters. The Morgan fingerprint density at radius 1 is 1.05 bits per heavy atom. The van der Waals surface area contributed by atoms with Crippen LogP contribution < -0.4 is 15.7 Å². The van der Waals surface area contributed by atoms with Crippen LogP contribution in [0.2, 0.25) is 0 Å². The van der Waals surface area contributed by atoms with E-state index in [0.29, 0.717) is 22.3 Å². The molecule has 4 atom stereocenters. The molecule has 2 aliphatic rings. The molecule has 3 aromatic rings. The number of amides is 1. The number of hydrogen-bond acceptors (Lipinski definition) is 9. The van der Waals surface area contributed by atoms with Crippen molar-refractivity contribution in [2.24, 2.45) is 0 Å². The van der Waals surface area contributed by atoms with Crippen LogP contribution in [0.15, 0.2) is 57.7 Å². The summed E-state index contributed by atoms with van der Waals surface area (Å²) in [4.78, 5) is 37.0. The molecule has 2 aliphatic heterocycles. The molecule has 0 aliphatic carbocycles. The van der Waals surface area contributed by atoms with Crippen molar-refractivity contribution in [2.45, 2.75) is 57.4 Å². The van der Waals surface area contributed by atoms with E-state index in [9.17, 15) is 14.4 Å². The maximum Gasteiger partial charge on any atom is 0.509 e. The first kappa shape index (κ1) is 24.8. The van der Waals surface area contributed by atoms with Crippen LogP contribution in [0.5, 0.6) is 5.75 Å². The lowest BCUT2D eigenvalue weighted by Gasteiger charge is -2.45. The number of methoxy groups -OCH3 is 1. The first-order valence-electron chi connectivity index (χ1n) is 11.8. The summed E-state index contributed by atoms with van der Waals surface area (Å²) < 4.78 is 33.9. The van der Waals surface area contributed by atoms with Crippen molar-refractivity contribution in [3.05, 3.63) is 70.1 Å². The van der Waals surface area contributed by atoms with Gasteiger partial charge in [0.15, 0.2) is 6.10 Å². The van der Waals surface area contributed by atoms with Gasteiger partial charge in [-0.3, -0.25) is 4.79 Å². The maximum atomic E-state index is 12.7. The van der Waals surface area contributed by atoms with E-state index in [-0.39, 0.29) is 18.0 Å². The average Bonchev–Trinajstić information content (AvgIpc) is 3.23. The van der Waals surface area contributed by atoms with Crippen molar-refractivity contribution >= 4 is 28.7 Å². The highest BCUT2D eigenvalue weighted by molar-refractivity contribution is 5.94. The zero-order valence-corrected chi connectivity index (χ0v) is 20.8. The molecule has 0 spiro atoms. The third-order valence-electron chi connectivity index (χ3n) is 6.54. The second-order valence-corrected chi connectivity index (χ2v) is 9.54. The molecule has 1 aromatic heterocycles. The van der Waals surface area contributed by atoms with E-state index < -0.39 is 42.0 Å². The number of rotatable bonds is 6. The molecule has 1 amide bonds. The molecule has 5 rings (SSSR count). The Kier molecular flexibility index (Phi) is 6.38. The zero-order valence-electron chi connectivity index (χ0n) is 20.8. The lowest BCUT2D eigenvalue weighted by molar-refractivity contribution is -0.282. The molecular formula is C27H27NO9. The van der Waals surface area contributed by atoms with Crippen LogP contribution in [0.25, 0.3) is 11.0 Å². The third kappa shape index (κ3) is 4.77. The molecule has 0 radical (unpaired) electrons. The van der Waals surface area contributed by atoms with Crippen LogP contribution >= 0.6 is 0 Å². The van der Waals surface area contributed by atoms with Gasteiger partial charge in [-0.25, -0.2) is 9.59 Å². The van der Waals surface area contributed by atoms with Gasteiger partial charge in [0.25, 0.3) is 0 Å². The van der Waals surface area contributed by atoms with Crippen LogP contribution in [-0.2, 0) is 30.2 Å². The number of hydrogen-bond donors (Lipinski definition) is 1. The van der Waals surface area contributed by atoms with E-state index in [1.54, 1.807) is 39.0 Å². The van der Waals surface area contributed by atoms with E-state index in [4.69, 9.17) is 28.1 Å². The van der Waals surface area contributed by atoms with Crippen LogP contribution in [0.3, 0.4) is 0 Å². The van der Waals surface area contributed by atoms with Gasteiger partial charge in [-0.05, 0) is 44.5 Å². The van der Waals surface area contributed by atoms with Crippen LogP contribution in [0.1, 0.15) is 25.0 Å². The van der Waals surface area contributed by atoms with Gasteiger partial charge in [-0.1, -0.05) is 30.3 Å². The van der Waals surface area contributed by atoms with E-state index in [1.807, 2.05) is 30.3 Å². The molecular weight excluding hydrogens is 482 g/mol. The van der Waals surface area contributed by atoms with Gasteiger partial charge in [0.05, 0.1) is 12.0 Å². The van der Waals surface area contributed by atoms with Crippen LogP contribution in [0, 0.1) is 6.92 Å². The Morgan fingerprint density at radius 3 is 2.51 bits per heavy atom. The smallest absolute Gasteiger partial charge is 0.460 e. The number of fused-ring (bicyclic) bond motifs is 2. The molecule has 10 heteroatoms. The quantitative estimate of drug-likeness (QED) is 0.391. The van der Waals surface area contributed by atoms with Gasteiger partial charge in [-0.2, -0.15) is 0 Å². The summed E-state index contributed by atoms with van der Waals surface area (Å²) in [5.41, 5.74) is 0.165. The number of nitrogens with one attached hydrogen (secondary N) is 1. The van der Waals surface area contributed by atoms with Crippen molar-refractivity contribution in [1.29, 1.82) is 0 Å². The minimum absolute atomic E-state index is 0.0438. The van der Waals surface area contributed by atoms with E-state index in [1.165, 1.54) is 7.11 Å². The topological polar surface area (TPSA) is 123 Å². The predicted octanol–water partition coefficient (Wildman–Crippen LogP) is 3.72. The highest BCUT2D eigenvalue weighted by Crippen LogP contribution is 2.39. The molecule has 3 heterocycles. The third-order valence-corrected chi connectivity index (χ3v) is 6.54. The van der Waals surface area contributed by atoms with Crippen molar-refractivity contribution < 1.29 is 37.7 Å². The number of ether oxygens (including phenoxy) is 5. The minimum Gasteiger partial charge on any atom is -0.460 e. The SMILES string of the molecule is COC1C2OC(=O)OC2C(Oc2ccc3cc(NC(=O)Cc4ccccc4)c(=O)oc3c2C)OC1(C)C. The lowest BCUT2D eigenvalue weighted by Crippen LogP contribution is -2.62. The molecule has 0 saturated carbocycles. The Hall–Kier alpha value is -3.89. The summed E-state index contributed by atoms with van der Waals surface area (Å²) in [5.74, 6) is 0.0405. The fraction of sp³-hybridized carbons (Fsp3) is 0.370. The van der Waals surface area contributed by atoms with Crippen molar-refractivity contribution in [1.82, 2.24) is 0 Å². The summed E-state index contributed by atoms with van der Waals surface area (Å²) in [6.45, 7) is 5.34. The van der Waals surface area contributed by atoms with Gasteiger partial charge in [0.1, 0.15) is 23.1 Å². The second-order valence-electron chi connectivity index (χ2n) is 9.54. The standard InChI is InChI=1S/C27H27NO9/c1-14-18(33-25-22-21(35-26(31)36-22)23(32-4)27(2,3)37-25)11-10-16-13-17(24(30)34-20(14)16)28-19(29)12-15-8-6-5-7-9-15/h5-11,13,21-23,25H,12H2,1-4H3,(H,28,29). The molecule has 194 valence electrons. The molecule has 0 bridgehead atoms. The fourth-order valence-electron chi connectivity index (χ4n) is 4.79. The highest BCUT2D eigenvalue weighted by Gasteiger charge is 2.59. The van der Waals surface area contributed by atoms with Gasteiger partial charge in [-0.15, -0.1) is 0 Å². The molecule has 2 aromatic carbocycles. The summed E-state index contributed by atoms with van der Waals surface area (Å²) in [5, 5.41) is 3.22. The first-order chi connectivity index (χ1) is 17.7. The fourth-order valence-corrected chi connectivity index (χ4v) is 4.79. The Labute approximate surface area is 212 Å². The highest BCUT2D eigenvalue weighted by atomic mass is 16.8. The normalized spacial score (nSPS) is 24.2. The first-order valence-corrected chi connectivity index (χ1v) is 11.8. The average molecular weight is 510 g/mol. The maximum absolute atomic E-state index is 12.7. The number of anilines is 1. The summed E-state index contributed by atoms with van der Waals surface area (Å²) in [6, 6.07) is 14.2. The number of carbonyl (C=O) groups is 2. The van der Waals surface area contributed by atoms with E-state index >= 15 is 0 Å². The van der Waals surface area contributed by atoms with Gasteiger partial charge >= 0.3 is 11.8 Å². The van der Waals surface area contributed by atoms with Gasteiger partial charge < -0.3 is 33.4 Å². The monoisotopic (exact) mass is 509 g/mol. The molecule has 37 heavy (non-hydrogen) atoms. The number of carbonyl (C=O) groups excluding carboxylic acids is 2. The van der Waals surface area contributed by atoms with E-state index in [0.717, 1.165) is 5.56 Å². The summed E-state index contributed by atoms with van der Waals surface area (Å²) >= 11 is 0. The summed E-state index contributed by atoms with van der Waals surface area (Å²) in [6.07, 6.45) is -3.81. The Balaban J connectivity index is 1.38. The number of aryl methyl sites for hydroxylation is 1. The van der Waals surface area contributed by atoms with E-state index in [2.05, 4.69) is 5.32 Å². The van der Waals surface area contributed by atoms with Crippen molar-refractivity contribution in [2.75, 3.05) is 12.4 Å². The van der Waals surface area contributed by atoms with Gasteiger partial charge in [0, 0.05) is 18.1 Å². The molecule has 10 nitrogen and oxygen atoms in total. The predicted molar refractivity (Wildman–Crippen MR) is 132 cm³/mol. The van der Waals surface area contributed by atoms with Crippen molar-refractivity contribution in [3.8, 4) is 5.75 Å². The van der Waals surface area contributed by atoms with Crippen LogP contribution in [0.4, 0.5) is 10.5 Å². The van der Waals surface area contributed by atoms with Crippen LogP contribution in [-0.4, -0.2) is 49.4 Å². The van der Waals surface area contributed by atoms with Crippen molar-refractivity contribution in [3.63, 3.8) is 0 Å². The minimum atomic E-state index is -0.989. The Morgan fingerprint density at radius 2 is 1.78 bits per heavy atom. The second kappa shape index (κ2) is 9.53. The van der Waals surface area contributed by atoms with Gasteiger partial charge in [0.2, 0.25) is 18.3 Å². The molecule has 2 saturated heterocycles. The molecule has 2 fully saturated rings. The largest absolute Gasteiger partial charge is 0.509 e. The summed E-state index contributed by atoms with van der Waals surface area (Å²) in [7, 11) is 1.51. The number of benzene rings is 2. The molecule has 1 N–H and O–H groups in total. The lowest BCUT2D eigenvalue weighted by atomic mass is 9.89. The zero-order chi connectivity index (χ0) is 26.3.